The SMILES string of the molecule is COCCCNCc1ccc([N+](=O)[O-])o1. The summed E-state index contributed by atoms with van der Waals surface area (Å²) in [6, 6.07) is 2.95. The number of ether oxygens (including phenoxy) is 1. The Balaban J connectivity index is 2.23. The van der Waals surface area contributed by atoms with Gasteiger partial charge < -0.3 is 14.5 Å². The average molecular weight is 214 g/mol. The molecule has 15 heavy (non-hydrogen) atoms. The fourth-order valence-electron chi connectivity index (χ4n) is 1.11. The van der Waals surface area contributed by atoms with E-state index in [9.17, 15) is 10.1 Å². The van der Waals surface area contributed by atoms with E-state index in [0.29, 0.717) is 18.9 Å². The van der Waals surface area contributed by atoms with Crippen LogP contribution >= 0.6 is 0 Å². The third kappa shape index (κ3) is 4.09. The van der Waals surface area contributed by atoms with E-state index in [-0.39, 0.29) is 5.88 Å². The molecular formula is C9H14N2O4. The van der Waals surface area contributed by atoms with E-state index in [1.54, 1.807) is 13.2 Å². The fraction of sp³-hybridized carbons (Fsp3) is 0.556. The molecular weight excluding hydrogens is 200 g/mol. The van der Waals surface area contributed by atoms with Crippen LogP contribution in [-0.4, -0.2) is 25.2 Å². The normalized spacial score (nSPS) is 10.5. The van der Waals surface area contributed by atoms with Crippen LogP contribution in [0.3, 0.4) is 0 Å². The van der Waals surface area contributed by atoms with Gasteiger partial charge in [0.25, 0.3) is 0 Å². The summed E-state index contributed by atoms with van der Waals surface area (Å²) in [5.74, 6) is 0.350. The molecule has 0 atom stereocenters. The van der Waals surface area contributed by atoms with E-state index < -0.39 is 4.92 Å². The van der Waals surface area contributed by atoms with E-state index in [1.165, 1.54) is 6.07 Å². The number of methoxy groups -OCH3 is 1. The van der Waals surface area contributed by atoms with Crippen LogP contribution in [0.4, 0.5) is 5.88 Å². The van der Waals surface area contributed by atoms with Gasteiger partial charge in [-0.05, 0) is 19.0 Å². The van der Waals surface area contributed by atoms with Gasteiger partial charge in [0, 0.05) is 13.7 Å². The molecule has 0 aliphatic carbocycles. The zero-order valence-electron chi connectivity index (χ0n) is 8.56. The molecule has 1 N–H and O–H groups in total. The van der Waals surface area contributed by atoms with Crippen molar-refractivity contribution in [2.45, 2.75) is 13.0 Å². The van der Waals surface area contributed by atoms with Crippen molar-refractivity contribution in [3.05, 3.63) is 28.0 Å². The molecule has 6 nitrogen and oxygen atoms in total. The van der Waals surface area contributed by atoms with Crippen LogP contribution in [0.15, 0.2) is 16.5 Å². The Morgan fingerprint density at radius 1 is 1.60 bits per heavy atom. The van der Waals surface area contributed by atoms with Crippen molar-refractivity contribution in [2.75, 3.05) is 20.3 Å². The number of rotatable bonds is 7. The standard InChI is InChI=1S/C9H14N2O4/c1-14-6-2-5-10-7-8-3-4-9(15-8)11(12)13/h3-4,10H,2,5-7H2,1H3. The quantitative estimate of drug-likeness (QED) is 0.420. The molecule has 0 fully saturated rings. The van der Waals surface area contributed by atoms with Crippen LogP contribution in [0, 0.1) is 10.1 Å². The first kappa shape index (κ1) is 11.7. The summed E-state index contributed by atoms with van der Waals surface area (Å²) in [6.45, 7) is 1.99. The molecule has 1 rings (SSSR count). The first-order valence-electron chi connectivity index (χ1n) is 4.67. The minimum absolute atomic E-state index is 0.219. The summed E-state index contributed by atoms with van der Waals surface area (Å²) >= 11 is 0. The third-order valence-corrected chi connectivity index (χ3v) is 1.83. The van der Waals surface area contributed by atoms with Crippen molar-refractivity contribution < 1.29 is 14.1 Å². The number of hydrogen-bond acceptors (Lipinski definition) is 5. The zero-order valence-corrected chi connectivity index (χ0v) is 8.56. The molecule has 0 amide bonds. The maximum absolute atomic E-state index is 10.3. The highest BCUT2D eigenvalue weighted by atomic mass is 16.6. The van der Waals surface area contributed by atoms with Gasteiger partial charge in [0.2, 0.25) is 0 Å². The van der Waals surface area contributed by atoms with Gasteiger partial charge in [0.05, 0.1) is 12.6 Å². The average Bonchev–Trinajstić information content (AvgIpc) is 2.66. The number of furan rings is 1. The fourth-order valence-corrected chi connectivity index (χ4v) is 1.11. The summed E-state index contributed by atoms with van der Waals surface area (Å²) in [4.78, 5) is 9.76. The molecule has 0 bridgehead atoms. The number of hydrogen-bond donors (Lipinski definition) is 1. The molecule has 0 aliphatic heterocycles. The Morgan fingerprint density at radius 2 is 2.40 bits per heavy atom. The lowest BCUT2D eigenvalue weighted by atomic mass is 10.4. The molecule has 1 heterocycles. The second-order valence-electron chi connectivity index (χ2n) is 3.02. The van der Waals surface area contributed by atoms with E-state index in [0.717, 1.165) is 13.0 Å². The lowest BCUT2D eigenvalue weighted by molar-refractivity contribution is -0.402. The van der Waals surface area contributed by atoms with Crippen molar-refractivity contribution in [3.63, 3.8) is 0 Å². The Kier molecular flexibility index (Phi) is 4.79. The molecule has 0 radical (unpaired) electrons. The second-order valence-corrected chi connectivity index (χ2v) is 3.02. The van der Waals surface area contributed by atoms with Gasteiger partial charge in [-0.25, -0.2) is 0 Å². The first-order valence-corrected chi connectivity index (χ1v) is 4.67. The maximum Gasteiger partial charge on any atom is 0.433 e. The molecule has 1 aromatic rings. The molecule has 0 spiro atoms. The summed E-state index contributed by atoms with van der Waals surface area (Å²) in [7, 11) is 1.65. The van der Waals surface area contributed by atoms with Crippen molar-refractivity contribution in [1.82, 2.24) is 5.32 Å². The number of nitro groups is 1. The topological polar surface area (TPSA) is 77.5 Å². The zero-order chi connectivity index (χ0) is 11.1. The predicted molar refractivity (Wildman–Crippen MR) is 53.6 cm³/mol. The molecule has 6 heteroatoms. The summed E-state index contributed by atoms with van der Waals surface area (Å²) in [5, 5.41) is 13.4. The predicted octanol–water partition coefficient (Wildman–Crippen LogP) is 1.31. The van der Waals surface area contributed by atoms with Crippen LogP contribution in [0.25, 0.3) is 0 Å². The maximum atomic E-state index is 10.3. The Bertz CT molecular complexity index is 311. The van der Waals surface area contributed by atoms with Crippen molar-refractivity contribution >= 4 is 5.88 Å². The third-order valence-electron chi connectivity index (χ3n) is 1.83. The molecule has 0 unspecified atom stereocenters. The van der Waals surface area contributed by atoms with Crippen LogP contribution in [0.5, 0.6) is 0 Å². The van der Waals surface area contributed by atoms with Crippen LogP contribution in [-0.2, 0) is 11.3 Å². The van der Waals surface area contributed by atoms with Gasteiger partial charge in [0.1, 0.15) is 10.7 Å². The minimum Gasteiger partial charge on any atom is -0.404 e. The highest BCUT2D eigenvalue weighted by Gasteiger charge is 2.10. The Hall–Kier alpha value is -1.40. The van der Waals surface area contributed by atoms with E-state index in [2.05, 4.69) is 5.32 Å². The minimum atomic E-state index is -0.547. The molecule has 84 valence electrons. The van der Waals surface area contributed by atoms with Gasteiger partial charge in [-0.3, -0.25) is 10.1 Å². The largest absolute Gasteiger partial charge is 0.433 e. The highest BCUT2D eigenvalue weighted by molar-refractivity contribution is 5.17. The van der Waals surface area contributed by atoms with Gasteiger partial charge in [-0.2, -0.15) is 0 Å². The number of nitrogens with one attached hydrogen (secondary N) is 1. The van der Waals surface area contributed by atoms with Crippen molar-refractivity contribution in [2.24, 2.45) is 0 Å². The summed E-state index contributed by atoms with van der Waals surface area (Å²) in [6.07, 6.45) is 0.902. The van der Waals surface area contributed by atoms with Gasteiger partial charge >= 0.3 is 5.88 Å². The highest BCUT2D eigenvalue weighted by Crippen LogP contribution is 2.14. The molecule has 0 aromatic carbocycles. The van der Waals surface area contributed by atoms with Crippen molar-refractivity contribution in [3.8, 4) is 0 Å². The Labute approximate surface area is 87.4 Å². The monoisotopic (exact) mass is 214 g/mol. The lowest BCUT2D eigenvalue weighted by Gasteiger charge is -2.00. The molecule has 0 aliphatic rings. The van der Waals surface area contributed by atoms with Crippen LogP contribution < -0.4 is 5.32 Å². The second kappa shape index (κ2) is 6.15. The van der Waals surface area contributed by atoms with E-state index >= 15 is 0 Å². The van der Waals surface area contributed by atoms with Gasteiger partial charge in [0.15, 0.2) is 0 Å². The van der Waals surface area contributed by atoms with E-state index in [4.69, 9.17) is 9.15 Å². The Morgan fingerprint density at radius 3 is 3.00 bits per heavy atom. The van der Waals surface area contributed by atoms with Crippen LogP contribution in [0.2, 0.25) is 0 Å². The lowest BCUT2D eigenvalue weighted by Crippen LogP contribution is -2.15. The molecule has 0 saturated heterocycles. The summed E-state index contributed by atoms with van der Waals surface area (Å²) in [5.41, 5.74) is 0. The van der Waals surface area contributed by atoms with Gasteiger partial charge in [-0.15, -0.1) is 0 Å². The van der Waals surface area contributed by atoms with E-state index in [1.807, 2.05) is 0 Å². The molecule has 1 aromatic heterocycles. The van der Waals surface area contributed by atoms with Crippen molar-refractivity contribution in [1.29, 1.82) is 0 Å². The summed E-state index contributed by atoms with van der Waals surface area (Å²) < 4.78 is 9.84. The van der Waals surface area contributed by atoms with Gasteiger partial charge in [-0.1, -0.05) is 0 Å². The first-order chi connectivity index (χ1) is 7.24. The smallest absolute Gasteiger partial charge is 0.404 e. The van der Waals surface area contributed by atoms with Crippen LogP contribution in [0.1, 0.15) is 12.2 Å². The number of nitrogens with zero attached hydrogens (tertiary/aromatic N) is 1. The molecule has 0 saturated carbocycles.